The first-order valence-corrected chi connectivity index (χ1v) is 6.85. The van der Waals surface area contributed by atoms with E-state index in [-0.39, 0.29) is 18.4 Å². The van der Waals surface area contributed by atoms with Crippen molar-refractivity contribution in [3.8, 4) is 0 Å². The van der Waals surface area contributed by atoms with Gasteiger partial charge < -0.3 is 10.1 Å². The van der Waals surface area contributed by atoms with Crippen LogP contribution < -0.4 is 5.32 Å². The van der Waals surface area contributed by atoms with E-state index in [4.69, 9.17) is 4.74 Å². The number of tetrazole rings is 1. The molecule has 8 heteroatoms. The molecule has 1 aliphatic carbocycles. The van der Waals surface area contributed by atoms with Crippen LogP contribution in [0.5, 0.6) is 0 Å². The second-order valence-electron chi connectivity index (χ2n) is 4.92. The Hall–Kier alpha value is -1.99. The zero-order chi connectivity index (χ0) is 14.4. The first kappa shape index (κ1) is 14.4. The highest BCUT2D eigenvalue weighted by atomic mass is 16.5. The van der Waals surface area contributed by atoms with Crippen LogP contribution >= 0.6 is 0 Å². The maximum atomic E-state index is 12.2. The van der Waals surface area contributed by atoms with Crippen LogP contribution in [0, 0.1) is 0 Å². The van der Waals surface area contributed by atoms with Gasteiger partial charge in [-0.2, -0.15) is 0 Å². The third kappa shape index (κ3) is 3.31. The van der Waals surface area contributed by atoms with E-state index >= 15 is 0 Å². The van der Waals surface area contributed by atoms with Gasteiger partial charge in [0.1, 0.15) is 18.4 Å². The van der Waals surface area contributed by atoms with Gasteiger partial charge in [0, 0.05) is 0 Å². The number of rotatable bonds is 5. The number of aromatic nitrogens is 4. The summed E-state index contributed by atoms with van der Waals surface area (Å²) in [4.78, 5) is 24.2. The van der Waals surface area contributed by atoms with Crippen LogP contribution in [-0.4, -0.2) is 44.2 Å². The normalized spacial score (nSPS) is 17.4. The molecule has 1 saturated carbocycles. The summed E-state index contributed by atoms with van der Waals surface area (Å²) >= 11 is 0. The molecule has 1 heterocycles. The molecule has 1 fully saturated rings. The Labute approximate surface area is 116 Å². The maximum absolute atomic E-state index is 12.2. The lowest BCUT2D eigenvalue weighted by molar-refractivity contribution is -0.155. The Kier molecular flexibility index (Phi) is 4.65. The average Bonchev–Trinajstić information content (AvgIpc) is 2.92. The Morgan fingerprint density at radius 2 is 2.10 bits per heavy atom. The lowest BCUT2D eigenvalue weighted by Gasteiger charge is -2.35. The minimum absolute atomic E-state index is 0.00580. The molecule has 110 valence electrons. The van der Waals surface area contributed by atoms with Crippen molar-refractivity contribution in [2.75, 3.05) is 6.61 Å². The Balaban J connectivity index is 2.03. The molecule has 2 rings (SSSR count). The van der Waals surface area contributed by atoms with Gasteiger partial charge >= 0.3 is 5.97 Å². The van der Waals surface area contributed by atoms with Crippen LogP contribution in [0.1, 0.15) is 39.0 Å². The predicted molar refractivity (Wildman–Crippen MR) is 68.4 cm³/mol. The molecule has 0 bridgehead atoms. The van der Waals surface area contributed by atoms with E-state index in [0.29, 0.717) is 19.4 Å². The van der Waals surface area contributed by atoms with Crippen LogP contribution in [0.15, 0.2) is 6.33 Å². The van der Waals surface area contributed by atoms with Crippen molar-refractivity contribution in [3.05, 3.63) is 6.33 Å². The summed E-state index contributed by atoms with van der Waals surface area (Å²) in [5.41, 5.74) is -0.890. The zero-order valence-electron chi connectivity index (χ0n) is 11.5. The van der Waals surface area contributed by atoms with Gasteiger partial charge in [-0.25, -0.2) is 9.48 Å². The van der Waals surface area contributed by atoms with Gasteiger partial charge in [0.2, 0.25) is 5.91 Å². The van der Waals surface area contributed by atoms with Crippen molar-refractivity contribution in [1.82, 2.24) is 25.5 Å². The molecule has 8 nitrogen and oxygen atoms in total. The number of carbonyl (C=O) groups excluding carboxylic acids is 2. The van der Waals surface area contributed by atoms with Crippen molar-refractivity contribution >= 4 is 11.9 Å². The first-order chi connectivity index (χ1) is 9.66. The van der Waals surface area contributed by atoms with E-state index in [0.717, 1.165) is 19.3 Å². The molecular weight excluding hydrogens is 262 g/mol. The number of ether oxygens (including phenoxy) is 1. The van der Waals surface area contributed by atoms with Crippen molar-refractivity contribution in [1.29, 1.82) is 0 Å². The van der Waals surface area contributed by atoms with E-state index in [1.165, 1.54) is 11.0 Å². The van der Waals surface area contributed by atoms with Crippen LogP contribution in [0.4, 0.5) is 0 Å². The summed E-state index contributed by atoms with van der Waals surface area (Å²) in [7, 11) is 0. The fraction of sp³-hybridized carbons (Fsp3) is 0.750. The highest BCUT2D eigenvalue weighted by Crippen LogP contribution is 2.29. The maximum Gasteiger partial charge on any atom is 0.331 e. The number of hydrogen-bond acceptors (Lipinski definition) is 6. The molecule has 0 radical (unpaired) electrons. The third-order valence-corrected chi connectivity index (χ3v) is 3.45. The number of esters is 1. The average molecular weight is 281 g/mol. The number of hydrogen-bond donors (Lipinski definition) is 1. The highest BCUT2D eigenvalue weighted by Gasteiger charge is 2.42. The molecule has 1 aliphatic rings. The molecule has 0 unspecified atom stereocenters. The summed E-state index contributed by atoms with van der Waals surface area (Å²) in [6, 6.07) is 0. The van der Waals surface area contributed by atoms with E-state index in [2.05, 4.69) is 20.8 Å². The summed E-state index contributed by atoms with van der Waals surface area (Å²) < 4.78 is 6.44. The van der Waals surface area contributed by atoms with Gasteiger partial charge in [0.25, 0.3) is 0 Å². The number of nitrogens with zero attached hydrogens (tertiary/aromatic N) is 4. The fourth-order valence-electron chi connectivity index (χ4n) is 2.51. The topological polar surface area (TPSA) is 99.0 Å². The van der Waals surface area contributed by atoms with Crippen LogP contribution in [-0.2, 0) is 20.9 Å². The predicted octanol–water partition coefficient (Wildman–Crippen LogP) is 0.0553. The second kappa shape index (κ2) is 6.44. The quantitative estimate of drug-likeness (QED) is 0.766. The minimum atomic E-state index is -0.890. The van der Waals surface area contributed by atoms with Crippen LogP contribution in [0.2, 0.25) is 0 Å². The van der Waals surface area contributed by atoms with Crippen molar-refractivity contribution in [2.45, 2.75) is 51.1 Å². The molecular formula is C12H19N5O3. The standard InChI is InChI=1S/C12H19N5O3/c1-2-20-11(19)12(6-4-3-5-7-12)14-10(18)8-17-9-13-15-16-17/h9H,2-8H2,1H3,(H,14,18). The van der Waals surface area contributed by atoms with Crippen LogP contribution in [0.25, 0.3) is 0 Å². The Bertz CT molecular complexity index is 454. The van der Waals surface area contributed by atoms with E-state index < -0.39 is 5.54 Å². The van der Waals surface area contributed by atoms with Gasteiger partial charge in [-0.15, -0.1) is 5.10 Å². The first-order valence-electron chi connectivity index (χ1n) is 6.85. The van der Waals surface area contributed by atoms with Gasteiger partial charge in [0.15, 0.2) is 0 Å². The molecule has 1 aromatic heterocycles. The summed E-state index contributed by atoms with van der Waals surface area (Å²) in [6.45, 7) is 2.06. The highest BCUT2D eigenvalue weighted by molar-refractivity contribution is 5.88. The molecule has 1 aromatic rings. The fourth-order valence-corrected chi connectivity index (χ4v) is 2.51. The van der Waals surface area contributed by atoms with Gasteiger partial charge in [-0.3, -0.25) is 4.79 Å². The molecule has 1 amide bonds. The summed E-state index contributed by atoms with van der Waals surface area (Å²) in [6.07, 6.45) is 5.48. The molecule has 0 aromatic carbocycles. The van der Waals surface area contributed by atoms with Gasteiger partial charge in [-0.1, -0.05) is 19.3 Å². The molecule has 0 spiro atoms. The van der Waals surface area contributed by atoms with Crippen molar-refractivity contribution in [3.63, 3.8) is 0 Å². The number of amides is 1. The van der Waals surface area contributed by atoms with E-state index in [9.17, 15) is 9.59 Å². The minimum Gasteiger partial charge on any atom is -0.464 e. The Morgan fingerprint density at radius 3 is 2.70 bits per heavy atom. The molecule has 0 aliphatic heterocycles. The van der Waals surface area contributed by atoms with Crippen molar-refractivity contribution < 1.29 is 14.3 Å². The zero-order valence-corrected chi connectivity index (χ0v) is 11.5. The smallest absolute Gasteiger partial charge is 0.331 e. The SMILES string of the molecule is CCOC(=O)C1(NC(=O)Cn2cnnn2)CCCCC1. The lowest BCUT2D eigenvalue weighted by atomic mass is 9.81. The largest absolute Gasteiger partial charge is 0.464 e. The van der Waals surface area contributed by atoms with E-state index in [1.54, 1.807) is 6.92 Å². The van der Waals surface area contributed by atoms with E-state index in [1.807, 2.05) is 0 Å². The summed E-state index contributed by atoms with van der Waals surface area (Å²) in [5, 5.41) is 13.4. The number of nitrogens with one attached hydrogen (secondary N) is 1. The van der Waals surface area contributed by atoms with Crippen LogP contribution in [0.3, 0.4) is 0 Å². The second-order valence-corrected chi connectivity index (χ2v) is 4.92. The molecule has 0 atom stereocenters. The number of carbonyl (C=O) groups is 2. The summed E-state index contributed by atoms with van der Waals surface area (Å²) in [5.74, 6) is -0.628. The van der Waals surface area contributed by atoms with Crippen molar-refractivity contribution in [2.24, 2.45) is 0 Å². The lowest BCUT2D eigenvalue weighted by Crippen LogP contribution is -2.57. The Morgan fingerprint density at radius 1 is 1.35 bits per heavy atom. The monoisotopic (exact) mass is 281 g/mol. The molecule has 1 N–H and O–H groups in total. The van der Waals surface area contributed by atoms with Gasteiger partial charge in [-0.05, 0) is 30.2 Å². The third-order valence-electron chi connectivity index (χ3n) is 3.45. The molecule has 20 heavy (non-hydrogen) atoms. The van der Waals surface area contributed by atoms with Gasteiger partial charge in [0.05, 0.1) is 6.61 Å². The molecule has 0 saturated heterocycles.